The fraction of sp³-hybridized carbons (Fsp3) is 0.200. The molecule has 4 amide bonds. The van der Waals surface area contributed by atoms with Gasteiger partial charge in [0.15, 0.2) is 6.29 Å². The predicted octanol–water partition coefficient (Wildman–Crippen LogP) is 6.54. The van der Waals surface area contributed by atoms with Crippen LogP contribution in [0.25, 0.3) is 0 Å². The summed E-state index contributed by atoms with van der Waals surface area (Å²) in [6, 6.07) is 20.5. The molecule has 0 aromatic heterocycles. The number of rotatable bonds is 7. The lowest BCUT2D eigenvalue weighted by molar-refractivity contribution is 0.0975. The third kappa shape index (κ3) is 5.38. The van der Waals surface area contributed by atoms with Crippen molar-refractivity contribution in [3.8, 4) is 11.5 Å². The van der Waals surface area contributed by atoms with Crippen LogP contribution in [0, 0.1) is 0 Å². The van der Waals surface area contributed by atoms with E-state index in [2.05, 4.69) is 10.6 Å². The van der Waals surface area contributed by atoms with Gasteiger partial charge in [-0.25, -0.2) is 14.5 Å². The van der Waals surface area contributed by atoms with E-state index in [1.165, 1.54) is 4.90 Å². The number of ether oxygens (including phenoxy) is 1. The molecule has 4 rings (SSSR count). The van der Waals surface area contributed by atoms with E-state index in [1.807, 2.05) is 42.5 Å². The van der Waals surface area contributed by atoms with E-state index in [0.29, 0.717) is 27.2 Å². The number of carbonyl (C=O) groups is 2. The maximum absolute atomic E-state index is 13.3. The van der Waals surface area contributed by atoms with E-state index < -0.39 is 18.4 Å². The molecule has 1 unspecified atom stereocenters. The Kier molecular flexibility index (Phi) is 7.14. The number of imide groups is 1. The summed E-state index contributed by atoms with van der Waals surface area (Å²) in [7, 11) is 0. The predicted molar refractivity (Wildman–Crippen MR) is 133 cm³/mol. The third-order valence-electron chi connectivity index (χ3n) is 5.23. The lowest BCUT2D eigenvalue weighted by Gasteiger charge is -2.42. The number of para-hydroxylation sites is 1. The number of benzene rings is 3. The van der Waals surface area contributed by atoms with Gasteiger partial charge in [0.25, 0.3) is 0 Å². The topological polar surface area (TPSA) is 73.9 Å². The van der Waals surface area contributed by atoms with Crippen LogP contribution in [-0.2, 0) is 6.54 Å². The first-order valence-electron chi connectivity index (χ1n) is 10.8. The van der Waals surface area contributed by atoms with Crippen molar-refractivity contribution in [1.29, 1.82) is 0 Å². The summed E-state index contributed by atoms with van der Waals surface area (Å²) in [6.07, 6.45) is -0.789. The zero-order chi connectivity index (χ0) is 24.2. The molecule has 1 fully saturated rings. The van der Waals surface area contributed by atoms with Crippen LogP contribution < -0.4 is 15.4 Å². The van der Waals surface area contributed by atoms with Crippen molar-refractivity contribution < 1.29 is 14.3 Å². The van der Waals surface area contributed by atoms with Gasteiger partial charge in [0.1, 0.15) is 11.5 Å². The Morgan fingerprint density at radius 1 is 1.00 bits per heavy atom. The average molecular weight is 499 g/mol. The number of carbonyl (C=O) groups excluding carboxylic acids is 2. The number of hydrogen-bond acceptors (Lipinski definition) is 4. The standard InChI is InChI=1S/C25H24Cl2N4O3/c1-16(2)31-24(32)29-23(30(25(31)33)15-17-8-10-18(26)11-9-17)28-19-12-13-22(21(27)14-19)34-20-6-4-3-5-7-20/h3-14,16,23,28H,15H2,1-2H3,(H,29,32). The van der Waals surface area contributed by atoms with Gasteiger partial charge in [-0.05, 0) is 61.9 Å². The molecular weight excluding hydrogens is 475 g/mol. The number of hydrogen-bond donors (Lipinski definition) is 2. The highest BCUT2D eigenvalue weighted by Crippen LogP contribution is 2.32. The summed E-state index contributed by atoms with van der Waals surface area (Å²) in [4.78, 5) is 28.7. The summed E-state index contributed by atoms with van der Waals surface area (Å²) in [5, 5.41) is 7.05. The van der Waals surface area contributed by atoms with E-state index in [4.69, 9.17) is 27.9 Å². The van der Waals surface area contributed by atoms with Crippen LogP contribution in [0.3, 0.4) is 0 Å². The number of anilines is 1. The molecule has 3 aromatic carbocycles. The molecule has 7 nitrogen and oxygen atoms in total. The quantitative estimate of drug-likeness (QED) is 0.387. The second kappa shape index (κ2) is 10.2. The Balaban J connectivity index is 1.56. The fourth-order valence-corrected chi connectivity index (χ4v) is 3.91. The molecule has 1 atom stereocenters. The Hall–Kier alpha value is -3.42. The van der Waals surface area contributed by atoms with Gasteiger partial charge in [-0.3, -0.25) is 10.2 Å². The van der Waals surface area contributed by atoms with Crippen molar-refractivity contribution >= 4 is 41.0 Å². The van der Waals surface area contributed by atoms with Crippen molar-refractivity contribution in [3.63, 3.8) is 0 Å². The molecule has 1 aliphatic rings. The van der Waals surface area contributed by atoms with Crippen molar-refractivity contribution in [2.24, 2.45) is 0 Å². The molecule has 1 aliphatic heterocycles. The Morgan fingerprint density at radius 2 is 1.71 bits per heavy atom. The molecule has 0 aliphatic carbocycles. The van der Waals surface area contributed by atoms with Crippen molar-refractivity contribution in [2.45, 2.75) is 32.7 Å². The lowest BCUT2D eigenvalue weighted by atomic mass is 10.2. The van der Waals surface area contributed by atoms with Crippen LogP contribution in [-0.4, -0.2) is 34.2 Å². The number of halogens is 2. The minimum atomic E-state index is -0.789. The Morgan fingerprint density at radius 3 is 2.35 bits per heavy atom. The summed E-state index contributed by atoms with van der Waals surface area (Å²) in [6.45, 7) is 3.84. The normalized spacial score (nSPS) is 16.0. The molecule has 3 aromatic rings. The van der Waals surface area contributed by atoms with Gasteiger partial charge >= 0.3 is 12.1 Å². The zero-order valence-corrected chi connectivity index (χ0v) is 20.2. The number of amides is 4. The fourth-order valence-electron chi connectivity index (χ4n) is 3.56. The van der Waals surface area contributed by atoms with Crippen LogP contribution in [0.4, 0.5) is 15.3 Å². The molecule has 0 saturated carbocycles. The third-order valence-corrected chi connectivity index (χ3v) is 5.78. The molecule has 9 heteroatoms. The molecule has 34 heavy (non-hydrogen) atoms. The smallest absolute Gasteiger partial charge is 0.331 e. The van der Waals surface area contributed by atoms with Gasteiger partial charge in [-0.2, -0.15) is 0 Å². The second-order valence-corrected chi connectivity index (χ2v) is 8.90. The maximum atomic E-state index is 13.3. The van der Waals surface area contributed by atoms with E-state index in [1.54, 1.807) is 49.1 Å². The molecule has 0 bridgehead atoms. The number of nitrogens with zero attached hydrogens (tertiary/aromatic N) is 2. The van der Waals surface area contributed by atoms with Gasteiger partial charge in [0.05, 0.1) is 11.6 Å². The highest BCUT2D eigenvalue weighted by molar-refractivity contribution is 6.32. The van der Waals surface area contributed by atoms with Crippen LogP contribution in [0.5, 0.6) is 11.5 Å². The minimum Gasteiger partial charge on any atom is -0.456 e. The van der Waals surface area contributed by atoms with Crippen molar-refractivity contribution in [2.75, 3.05) is 5.32 Å². The summed E-state index contributed by atoms with van der Waals surface area (Å²) in [5.74, 6) is 1.16. The Bertz CT molecular complexity index is 1170. The highest BCUT2D eigenvalue weighted by Gasteiger charge is 2.39. The number of nitrogens with one attached hydrogen (secondary N) is 2. The lowest BCUT2D eigenvalue weighted by Crippen LogP contribution is -2.68. The monoisotopic (exact) mass is 498 g/mol. The summed E-state index contributed by atoms with van der Waals surface area (Å²) < 4.78 is 5.83. The molecule has 1 heterocycles. The molecular formula is C25H24Cl2N4O3. The first kappa shape index (κ1) is 23.7. The highest BCUT2D eigenvalue weighted by atomic mass is 35.5. The van der Waals surface area contributed by atoms with Gasteiger partial charge in [0, 0.05) is 16.8 Å². The molecule has 2 N–H and O–H groups in total. The molecule has 1 saturated heterocycles. The van der Waals surface area contributed by atoms with E-state index in [-0.39, 0.29) is 12.6 Å². The van der Waals surface area contributed by atoms with Crippen molar-refractivity contribution in [1.82, 2.24) is 15.1 Å². The van der Waals surface area contributed by atoms with E-state index in [9.17, 15) is 9.59 Å². The second-order valence-electron chi connectivity index (χ2n) is 8.06. The van der Waals surface area contributed by atoms with E-state index >= 15 is 0 Å². The van der Waals surface area contributed by atoms with Crippen LogP contribution in [0.15, 0.2) is 72.8 Å². The SMILES string of the molecule is CC(C)N1C(=O)NC(Nc2ccc(Oc3ccccc3)c(Cl)c2)N(Cc2ccc(Cl)cc2)C1=O. The van der Waals surface area contributed by atoms with Gasteiger partial charge < -0.3 is 10.1 Å². The van der Waals surface area contributed by atoms with Gasteiger partial charge in [-0.1, -0.05) is 53.5 Å². The van der Waals surface area contributed by atoms with Gasteiger partial charge in [0.2, 0.25) is 0 Å². The van der Waals surface area contributed by atoms with Gasteiger partial charge in [-0.15, -0.1) is 0 Å². The first-order chi connectivity index (χ1) is 16.3. The van der Waals surface area contributed by atoms with Crippen LogP contribution >= 0.6 is 23.2 Å². The number of urea groups is 2. The molecule has 176 valence electrons. The van der Waals surface area contributed by atoms with E-state index in [0.717, 1.165) is 5.56 Å². The largest absolute Gasteiger partial charge is 0.456 e. The Labute approximate surface area is 208 Å². The molecule has 0 radical (unpaired) electrons. The molecule has 0 spiro atoms. The first-order valence-corrected chi connectivity index (χ1v) is 11.5. The average Bonchev–Trinajstić information content (AvgIpc) is 2.80. The van der Waals surface area contributed by atoms with Crippen LogP contribution in [0.2, 0.25) is 10.0 Å². The summed E-state index contributed by atoms with van der Waals surface area (Å²) >= 11 is 12.4. The zero-order valence-electron chi connectivity index (χ0n) is 18.7. The maximum Gasteiger partial charge on any atom is 0.331 e. The summed E-state index contributed by atoms with van der Waals surface area (Å²) in [5.41, 5.74) is 1.48. The van der Waals surface area contributed by atoms with Crippen molar-refractivity contribution in [3.05, 3.63) is 88.4 Å². The van der Waals surface area contributed by atoms with Crippen LogP contribution in [0.1, 0.15) is 19.4 Å². The minimum absolute atomic E-state index is 0.264.